The number of nitrogens with zero attached hydrogens (tertiary/aromatic N) is 2. The second-order valence-corrected chi connectivity index (χ2v) is 7.88. The van der Waals surface area contributed by atoms with Gasteiger partial charge >= 0.3 is 0 Å². The van der Waals surface area contributed by atoms with Crippen molar-refractivity contribution in [2.45, 2.75) is 45.2 Å². The molecule has 2 aliphatic rings. The standard InChI is InChI=1S/C22H30N2/c1-18-6-4-10-21(16-18)24-14-12-23(13-15-24)17-20-9-5-8-19-7-2-3-11-22(19)20/h2-3,5,7-9,11,18,21H,4,6,10,12-17H2,1H3/t18-,21-/m1/s1. The molecule has 0 radical (unpaired) electrons. The molecule has 0 aromatic heterocycles. The summed E-state index contributed by atoms with van der Waals surface area (Å²) in [5, 5.41) is 2.79. The summed E-state index contributed by atoms with van der Waals surface area (Å²) in [6.07, 6.45) is 5.72. The molecule has 2 atom stereocenters. The third-order valence-electron chi connectivity index (χ3n) is 6.11. The fourth-order valence-electron chi connectivity index (χ4n) is 4.69. The first kappa shape index (κ1) is 16.1. The van der Waals surface area contributed by atoms with Gasteiger partial charge in [0.1, 0.15) is 0 Å². The Labute approximate surface area is 146 Å². The van der Waals surface area contributed by atoms with Crippen LogP contribution in [-0.4, -0.2) is 42.0 Å². The van der Waals surface area contributed by atoms with Crippen LogP contribution in [0.1, 0.15) is 38.2 Å². The first-order valence-electron chi connectivity index (χ1n) is 9.72. The zero-order valence-electron chi connectivity index (χ0n) is 15.0. The predicted octanol–water partition coefficient (Wildman–Crippen LogP) is 4.54. The van der Waals surface area contributed by atoms with Crippen molar-refractivity contribution in [1.29, 1.82) is 0 Å². The molecule has 2 fully saturated rings. The highest BCUT2D eigenvalue weighted by Gasteiger charge is 2.27. The van der Waals surface area contributed by atoms with Gasteiger partial charge in [-0.25, -0.2) is 0 Å². The number of rotatable bonds is 3. The molecule has 2 nitrogen and oxygen atoms in total. The summed E-state index contributed by atoms with van der Waals surface area (Å²) < 4.78 is 0. The summed E-state index contributed by atoms with van der Waals surface area (Å²) in [6.45, 7) is 8.46. The highest BCUT2D eigenvalue weighted by atomic mass is 15.3. The molecule has 1 saturated heterocycles. The van der Waals surface area contributed by atoms with Crippen molar-refractivity contribution in [2.75, 3.05) is 26.2 Å². The fourth-order valence-corrected chi connectivity index (χ4v) is 4.69. The molecule has 24 heavy (non-hydrogen) atoms. The van der Waals surface area contributed by atoms with E-state index in [1.54, 1.807) is 0 Å². The third-order valence-corrected chi connectivity index (χ3v) is 6.11. The van der Waals surface area contributed by atoms with Crippen LogP contribution in [-0.2, 0) is 6.54 Å². The van der Waals surface area contributed by atoms with Gasteiger partial charge in [-0.2, -0.15) is 0 Å². The van der Waals surface area contributed by atoms with Crippen molar-refractivity contribution in [3.8, 4) is 0 Å². The van der Waals surface area contributed by atoms with E-state index in [1.807, 2.05) is 0 Å². The Morgan fingerprint density at radius 1 is 0.917 bits per heavy atom. The van der Waals surface area contributed by atoms with Crippen molar-refractivity contribution in [3.05, 3.63) is 48.0 Å². The summed E-state index contributed by atoms with van der Waals surface area (Å²) in [5.41, 5.74) is 1.48. The molecule has 2 aromatic carbocycles. The van der Waals surface area contributed by atoms with E-state index in [-0.39, 0.29) is 0 Å². The summed E-state index contributed by atoms with van der Waals surface area (Å²) in [6, 6.07) is 16.4. The average Bonchev–Trinajstić information content (AvgIpc) is 2.63. The lowest BCUT2D eigenvalue weighted by molar-refractivity contribution is 0.0661. The van der Waals surface area contributed by atoms with Gasteiger partial charge < -0.3 is 0 Å². The van der Waals surface area contributed by atoms with Gasteiger partial charge in [-0.05, 0) is 35.1 Å². The highest BCUT2D eigenvalue weighted by molar-refractivity contribution is 5.85. The third kappa shape index (κ3) is 3.50. The van der Waals surface area contributed by atoms with E-state index in [1.165, 1.54) is 68.2 Å². The highest BCUT2D eigenvalue weighted by Crippen LogP contribution is 2.28. The van der Waals surface area contributed by atoms with Gasteiger partial charge in [0.2, 0.25) is 0 Å². The van der Waals surface area contributed by atoms with Crippen molar-refractivity contribution >= 4 is 10.8 Å². The lowest BCUT2D eigenvalue weighted by Gasteiger charge is -2.42. The van der Waals surface area contributed by atoms with Gasteiger partial charge in [0.25, 0.3) is 0 Å². The molecule has 1 saturated carbocycles. The maximum atomic E-state index is 2.77. The molecule has 0 spiro atoms. The molecule has 0 bridgehead atoms. The van der Waals surface area contributed by atoms with E-state index >= 15 is 0 Å². The van der Waals surface area contributed by atoms with E-state index in [9.17, 15) is 0 Å². The van der Waals surface area contributed by atoms with Crippen LogP contribution in [0.3, 0.4) is 0 Å². The minimum Gasteiger partial charge on any atom is -0.298 e. The van der Waals surface area contributed by atoms with Crippen LogP contribution < -0.4 is 0 Å². The molecule has 0 amide bonds. The first-order valence-corrected chi connectivity index (χ1v) is 9.72. The molecular weight excluding hydrogens is 292 g/mol. The normalized spacial score (nSPS) is 26.7. The Morgan fingerprint density at radius 2 is 1.71 bits per heavy atom. The number of fused-ring (bicyclic) bond motifs is 1. The SMILES string of the molecule is C[C@@H]1CCC[C@@H](N2CCN(Cc3cccc4ccccc34)CC2)C1. The Bertz CT molecular complexity index is 667. The summed E-state index contributed by atoms with van der Waals surface area (Å²) in [5.74, 6) is 0.928. The molecule has 2 aromatic rings. The minimum absolute atomic E-state index is 0.855. The Kier molecular flexibility index (Phi) is 4.86. The molecule has 4 rings (SSSR count). The predicted molar refractivity (Wildman–Crippen MR) is 102 cm³/mol. The van der Waals surface area contributed by atoms with Gasteiger partial charge in [-0.3, -0.25) is 9.80 Å². The molecule has 1 aliphatic carbocycles. The van der Waals surface area contributed by atoms with Crippen LogP contribution in [0.15, 0.2) is 42.5 Å². The monoisotopic (exact) mass is 322 g/mol. The van der Waals surface area contributed by atoms with Gasteiger partial charge in [-0.1, -0.05) is 62.2 Å². The number of hydrogen-bond donors (Lipinski definition) is 0. The van der Waals surface area contributed by atoms with E-state index < -0.39 is 0 Å². The van der Waals surface area contributed by atoms with E-state index in [2.05, 4.69) is 59.2 Å². The summed E-state index contributed by atoms with van der Waals surface area (Å²) in [7, 11) is 0. The van der Waals surface area contributed by atoms with Crippen molar-refractivity contribution in [3.63, 3.8) is 0 Å². The van der Waals surface area contributed by atoms with Crippen LogP contribution >= 0.6 is 0 Å². The largest absolute Gasteiger partial charge is 0.298 e. The van der Waals surface area contributed by atoms with Crippen molar-refractivity contribution < 1.29 is 0 Å². The molecule has 1 aliphatic heterocycles. The Hall–Kier alpha value is -1.38. The average molecular weight is 322 g/mol. The molecule has 2 heteroatoms. The van der Waals surface area contributed by atoms with Gasteiger partial charge in [0.05, 0.1) is 0 Å². The second-order valence-electron chi connectivity index (χ2n) is 7.88. The first-order chi connectivity index (χ1) is 11.8. The Balaban J connectivity index is 1.37. The van der Waals surface area contributed by atoms with Crippen LogP contribution in [0.5, 0.6) is 0 Å². The van der Waals surface area contributed by atoms with E-state index in [0.29, 0.717) is 0 Å². The zero-order chi connectivity index (χ0) is 16.4. The Morgan fingerprint density at radius 3 is 2.54 bits per heavy atom. The second kappa shape index (κ2) is 7.25. The van der Waals surface area contributed by atoms with E-state index in [4.69, 9.17) is 0 Å². The molecule has 128 valence electrons. The van der Waals surface area contributed by atoms with Crippen molar-refractivity contribution in [2.24, 2.45) is 5.92 Å². The lowest BCUT2D eigenvalue weighted by atomic mass is 9.86. The van der Waals surface area contributed by atoms with Gasteiger partial charge in [0.15, 0.2) is 0 Å². The van der Waals surface area contributed by atoms with Gasteiger partial charge in [-0.15, -0.1) is 0 Å². The van der Waals surface area contributed by atoms with Crippen LogP contribution in [0, 0.1) is 5.92 Å². The molecule has 0 N–H and O–H groups in total. The molecule has 1 heterocycles. The quantitative estimate of drug-likeness (QED) is 0.819. The maximum absolute atomic E-state index is 2.77. The summed E-state index contributed by atoms with van der Waals surface area (Å²) >= 11 is 0. The van der Waals surface area contributed by atoms with Crippen LogP contribution in [0.2, 0.25) is 0 Å². The minimum atomic E-state index is 0.855. The molecule has 0 unspecified atom stereocenters. The maximum Gasteiger partial charge on any atom is 0.0240 e. The van der Waals surface area contributed by atoms with Gasteiger partial charge in [0, 0.05) is 38.8 Å². The fraction of sp³-hybridized carbons (Fsp3) is 0.545. The van der Waals surface area contributed by atoms with Crippen LogP contribution in [0.25, 0.3) is 10.8 Å². The van der Waals surface area contributed by atoms with Crippen molar-refractivity contribution in [1.82, 2.24) is 9.80 Å². The summed E-state index contributed by atoms with van der Waals surface area (Å²) in [4.78, 5) is 5.42. The number of benzene rings is 2. The lowest BCUT2D eigenvalue weighted by Crippen LogP contribution is -2.50. The zero-order valence-corrected chi connectivity index (χ0v) is 15.0. The molecular formula is C22H30N2. The topological polar surface area (TPSA) is 6.48 Å². The number of piperazine rings is 1. The van der Waals surface area contributed by atoms with E-state index in [0.717, 1.165) is 18.5 Å². The smallest absolute Gasteiger partial charge is 0.0240 e. The van der Waals surface area contributed by atoms with Crippen LogP contribution in [0.4, 0.5) is 0 Å². The number of hydrogen-bond acceptors (Lipinski definition) is 2.